The van der Waals surface area contributed by atoms with Crippen LogP contribution in [0.2, 0.25) is 0 Å². The molecular weight excluding hydrogens is 781 g/mol. The Labute approximate surface area is 346 Å². The van der Waals surface area contributed by atoms with Crippen LogP contribution < -0.4 is 37.3 Å². The molecule has 2 saturated heterocycles. The number of nitrogens with one attached hydrogen (secondary N) is 6. The van der Waals surface area contributed by atoms with Gasteiger partial charge in [-0.3, -0.25) is 14.4 Å². The molecule has 4 aliphatic rings. The van der Waals surface area contributed by atoms with Crippen LogP contribution in [0.5, 0.6) is 5.75 Å². The smallest absolute Gasteiger partial charge is 0.336 e. The number of fused-ring (bicyclic) bond motifs is 3. The maximum Gasteiger partial charge on any atom is 0.336 e. The highest BCUT2D eigenvalue weighted by atomic mass is 32.2. The average Bonchev–Trinajstić information content (AvgIpc) is 3.75. The van der Waals surface area contributed by atoms with Crippen molar-refractivity contribution in [2.24, 2.45) is 0 Å². The van der Waals surface area contributed by atoms with E-state index in [2.05, 4.69) is 31.9 Å². The van der Waals surface area contributed by atoms with E-state index in [1.807, 2.05) is 11.8 Å². The largest absolute Gasteiger partial charge is 0.508 e. The zero-order chi connectivity index (χ0) is 41.0. The molecule has 2 aromatic rings. The molecule has 0 radical (unpaired) electrons. The SMILES string of the molecule is O=C(CCCCCNC(=O)CCCCC1SCC2NC(=O)NC21)NCCCCCNC(=S)Nc1ccc(-c2c3ccc(=O)cc-3oc3cc(O)ccc23)c(C(=O)O)c1. The van der Waals surface area contributed by atoms with Crippen molar-refractivity contribution in [1.29, 1.82) is 0 Å². The Kier molecular flexibility index (Phi) is 14.8. The van der Waals surface area contributed by atoms with Crippen molar-refractivity contribution in [1.82, 2.24) is 26.6 Å². The predicted octanol–water partition coefficient (Wildman–Crippen LogP) is 5.94. The number of aromatic carboxylic acids is 1. The Balaban J connectivity index is 0.820. The molecule has 2 fully saturated rings. The number of anilines is 1. The fourth-order valence-electron chi connectivity index (χ4n) is 7.46. The number of carbonyl (C=O) groups is 4. The van der Waals surface area contributed by atoms with Crippen LogP contribution in [0.4, 0.5) is 10.5 Å². The number of phenols is 1. The molecule has 2 aromatic carbocycles. The third kappa shape index (κ3) is 11.4. The first-order valence-corrected chi connectivity index (χ1v) is 21.4. The molecule has 8 N–H and O–H groups in total. The van der Waals surface area contributed by atoms with Gasteiger partial charge in [0.05, 0.1) is 17.6 Å². The van der Waals surface area contributed by atoms with E-state index >= 15 is 0 Å². The third-order valence-electron chi connectivity index (χ3n) is 10.4. The summed E-state index contributed by atoms with van der Waals surface area (Å²) in [7, 11) is 0. The monoisotopic (exact) mass is 830 g/mol. The van der Waals surface area contributed by atoms with E-state index in [-0.39, 0.29) is 52.4 Å². The normalized spacial score (nSPS) is 17.0. The number of hydrogen-bond donors (Lipinski definition) is 8. The molecule has 4 amide bonds. The number of benzene rings is 3. The summed E-state index contributed by atoms with van der Waals surface area (Å²) in [5.74, 6) is 0.130. The van der Waals surface area contributed by atoms with Gasteiger partial charge >= 0.3 is 12.0 Å². The highest BCUT2D eigenvalue weighted by Gasteiger charge is 2.42. The van der Waals surface area contributed by atoms with Crippen molar-refractivity contribution < 1.29 is 33.8 Å². The summed E-state index contributed by atoms with van der Waals surface area (Å²) in [5, 5.41) is 39.7. The van der Waals surface area contributed by atoms with Gasteiger partial charge in [0.1, 0.15) is 17.1 Å². The summed E-state index contributed by atoms with van der Waals surface area (Å²) in [6, 6.07) is 14.2. The van der Waals surface area contributed by atoms with Crippen LogP contribution in [0.3, 0.4) is 0 Å². The number of carboxylic acids is 1. The van der Waals surface area contributed by atoms with Gasteiger partial charge in [0.25, 0.3) is 0 Å². The lowest BCUT2D eigenvalue weighted by atomic mass is 9.90. The lowest BCUT2D eigenvalue weighted by Gasteiger charge is -2.18. The van der Waals surface area contributed by atoms with E-state index in [1.165, 1.54) is 30.3 Å². The number of carbonyl (C=O) groups excluding carboxylic acids is 3. The van der Waals surface area contributed by atoms with Crippen molar-refractivity contribution in [3.05, 3.63) is 70.4 Å². The van der Waals surface area contributed by atoms with E-state index in [1.54, 1.807) is 24.3 Å². The van der Waals surface area contributed by atoms with E-state index < -0.39 is 5.97 Å². The topological polar surface area (TPSA) is 211 Å². The van der Waals surface area contributed by atoms with Crippen LogP contribution in [0.15, 0.2) is 63.8 Å². The minimum atomic E-state index is -1.15. The minimum Gasteiger partial charge on any atom is -0.508 e. The zero-order valence-electron chi connectivity index (χ0n) is 32.2. The maximum atomic E-state index is 12.5. The Morgan fingerprint density at radius 3 is 2.22 bits per heavy atom. The number of thioether (sulfide) groups is 1. The minimum absolute atomic E-state index is 0.0162. The van der Waals surface area contributed by atoms with Gasteiger partial charge in [-0.25, -0.2) is 9.59 Å². The Hall–Kier alpha value is -5.35. The molecule has 14 nitrogen and oxygen atoms in total. The highest BCUT2D eigenvalue weighted by molar-refractivity contribution is 8.00. The number of hydrogen-bond acceptors (Lipinski definition) is 9. The summed E-state index contributed by atoms with van der Waals surface area (Å²) >= 11 is 7.36. The van der Waals surface area contributed by atoms with Gasteiger partial charge in [-0.05, 0) is 99.1 Å². The van der Waals surface area contributed by atoms with Crippen LogP contribution >= 0.6 is 24.0 Å². The van der Waals surface area contributed by atoms with E-state index in [4.69, 9.17) is 16.6 Å². The number of urea groups is 1. The number of unbranched alkanes of at least 4 members (excludes halogenated alkanes) is 5. The van der Waals surface area contributed by atoms with Crippen LogP contribution in [0.1, 0.15) is 81.0 Å². The standard InChI is InChI=1S/C42H50N6O8S2/c49-26-13-16-29-33(22-26)56-34-23-27(50)14-17-30(34)38(29)28-15-12-25(21-31(28)40(53)54)46-42(57)45-20-8-2-7-19-44-36(51)10-3-1-6-18-43-37(52)11-5-4-9-35-39-32(24-58-35)47-41(55)48-39/h12-17,21-23,32,35,39,49H,1-11,18-20,24H2,(H,43,52)(H,44,51)(H,53,54)(H2,45,46,57)(H2,47,48,55). The molecule has 0 bridgehead atoms. The van der Waals surface area contributed by atoms with Crippen molar-refractivity contribution in [2.45, 2.75) is 88.0 Å². The first-order valence-electron chi connectivity index (χ1n) is 19.9. The van der Waals surface area contributed by atoms with Gasteiger partial charge in [-0.15, -0.1) is 0 Å². The predicted molar refractivity (Wildman–Crippen MR) is 230 cm³/mol. The molecule has 3 atom stereocenters. The second kappa shape index (κ2) is 20.4. The van der Waals surface area contributed by atoms with Gasteiger partial charge in [-0.1, -0.05) is 18.9 Å². The summed E-state index contributed by atoms with van der Waals surface area (Å²) in [5.41, 5.74) is 2.08. The quantitative estimate of drug-likeness (QED) is 0.0225. The summed E-state index contributed by atoms with van der Waals surface area (Å²) in [4.78, 5) is 60.6. The molecule has 6 rings (SSSR count). The Morgan fingerprint density at radius 1 is 0.793 bits per heavy atom. The van der Waals surface area contributed by atoms with Gasteiger partial charge in [0.15, 0.2) is 10.5 Å². The zero-order valence-corrected chi connectivity index (χ0v) is 33.8. The summed E-state index contributed by atoms with van der Waals surface area (Å²) in [6.07, 6.45) is 8.75. The van der Waals surface area contributed by atoms with Gasteiger partial charge < -0.3 is 46.5 Å². The van der Waals surface area contributed by atoms with Crippen molar-refractivity contribution in [3.8, 4) is 28.2 Å². The molecule has 0 aromatic heterocycles. The van der Waals surface area contributed by atoms with Gasteiger partial charge in [0, 0.05) is 77.8 Å². The second-order valence-corrected chi connectivity index (χ2v) is 16.4. The first-order chi connectivity index (χ1) is 28.0. The molecule has 3 heterocycles. The molecule has 3 aliphatic heterocycles. The number of aromatic hydroxyl groups is 1. The van der Waals surface area contributed by atoms with Crippen LogP contribution in [-0.4, -0.2) is 81.9 Å². The van der Waals surface area contributed by atoms with Crippen LogP contribution in [0.25, 0.3) is 33.4 Å². The van der Waals surface area contributed by atoms with E-state index in [9.17, 15) is 34.2 Å². The molecule has 1 aliphatic carbocycles. The third-order valence-corrected chi connectivity index (χ3v) is 12.2. The summed E-state index contributed by atoms with van der Waals surface area (Å²) < 4.78 is 5.90. The summed E-state index contributed by atoms with van der Waals surface area (Å²) in [6.45, 7) is 1.80. The molecule has 308 valence electrons. The number of carboxylic acid groups (broad SMARTS) is 1. The Bertz CT molecular complexity index is 2160. The number of phenolic OH excluding ortho intramolecular Hbond substituents is 1. The van der Waals surface area contributed by atoms with Crippen LogP contribution in [0, 0.1) is 0 Å². The molecular formula is C42H50N6O8S2. The average molecular weight is 831 g/mol. The fraction of sp³-hybridized carbons (Fsp3) is 0.429. The van der Waals surface area contributed by atoms with Crippen molar-refractivity contribution in [3.63, 3.8) is 0 Å². The number of amides is 4. The van der Waals surface area contributed by atoms with Gasteiger partial charge in [-0.2, -0.15) is 11.8 Å². The van der Waals surface area contributed by atoms with Crippen molar-refractivity contribution >= 4 is 69.6 Å². The molecule has 58 heavy (non-hydrogen) atoms. The number of thiocarbonyl (C=S) groups is 1. The lowest BCUT2D eigenvalue weighted by molar-refractivity contribution is -0.122. The first kappa shape index (κ1) is 42.3. The second-order valence-electron chi connectivity index (χ2n) is 14.7. The molecule has 16 heteroatoms. The number of rotatable bonds is 20. The molecule has 0 saturated carbocycles. The molecule has 3 unspecified atom stereocenters. The fourth-order valence-corrected chi connectivity index (χ4v) is 9.23. The molecule has 0 spiro atoms. The lowest BCUT2D eigenvalue weighted by Crippen LogP contribution is -2.36. The van der Waals surface area contributed by atoms with Crippen molar-refractivity contribution in [2.75, 3.05) is 30.7 Å². The Morgan fingerprint density at radius 2 is 1.48 bits per heavy atom. The van der Waals surface area contributed by atoms with E-state index in [0.717, 1.165) is 63.5 Å². The van der Waals surface area contributed by atoms with E-state index in [0.29, 0.717) is 76.2 Å². The van der Waals surface area contributed by atoms with Crippen LogP contribution in [-0.2, 0) is 9.59 Å². The van der Waals surface area contributed by atoms with Gasteiger partial charge in [0.2, 0.25) is 11.8 Å². The maximum absolute atomic E-state index is 12.5. The highest BCUT2D eigenvalue weighted by Crippen LogP contribution is 2.42.